The summed E-state index contributed by atoms with van der Waals surface area (Å²) in [5.41, 5.74) is 3.65. The van der Waals surface area contributed by atoms with Crippen LogP contribution in [0.2, 0.25) is 0 Å². The summed E-state index contributed by atoms with van der Waals surface area (Å²) in [5.74, 6) is 0.117. The van der Waals surface area contributed by atoms with Crippen LogP contribution < -0.4 is 0 Å². The van der Waals surface area contributed by atoms with Crippen molar-refractivity contribution in [2.75, 3.05) is 0 Å². The molecule has 0 fully saturated rings. The molecule has 2 rings (SSSR count). The standard InChI is InChI=1S/C17H15NO/c1-13-3-2-4-14(11-13)7-10-17(19)16-8-5-15(12-18)6-9-16/h2-6,8-9,11H,7,10H2,1H3. The average molecular weight is 249 g/mol. The summed E-state index contributed by atoms with van der Waals surface area (Å²) in [5, 5.41) is 8.71. The van der Waals surface area contributed by atoms with E-state index in [0.717, 1.165) is 6.42 Å². The van der Waals surface area contributed by atoms with E-state index in [1.165, 1.54) is 11.1 Å². The summed E-state index contributed by atoms with van der Waals surface area (Å²) in [6.07, 6.45) is 1.25. The van der Waals surface area contributed by atoms with Crippen molar-refractivity contribution in [3.05, 3.63) is 70.8 Å². The normalized spacial score (nSPS) is 9.89. The smallest absolute Gasteiger partial charge is 0.163 e. The van der Waals surface area contributed by atoms with Gasteiger partial charge in [-0.15, -0.1) is 0 Å². The fourth-order valence-electron chi connectivity index (χ4n) is 2.00. The van der Waals surface area contributed by atoms with Crippen molar-refractivity contribution in [3.8, 4) is 6.07 Å². The van der Waals surface area contributed by atoms with Gasteiger partial charge >= 0.3 is 0 Å². The molecule has 0 amide bonds. The van der Waals surface area contributed by atoms with E-state index in [2.05, 4.69) is 6.07 Å². The third-order valence-electron chi connectivity index (χ3n) is 3.06. The molecule has 0 heterocycles. The highest BCUT2D eigenvalue weighted by molar-refractivity contribution is 5.96. The number of aryl methyl sites for hydroxylation is 2. The van der Waals surface area contributed by atoms with Crippen LogP contribution in [0, 0.1) is 18.3 Å². The Morgan fingerprint density at radius 2 is 1.89 bits per heavy atom. The van der Waals surface area contributed by atoms with E-state index in [0.29, 0.717) is 17.5 Å². The zero-order valence-electron chi connectivity index (χ0n) is 10.9. The zero-order valence-corrected chi connectivity index (χ0v) is 10.9. The summed E-state index contributed by atoms with van der Waals surface area (Å²) in [7, 11) is 0. The summed E-state index contributed by atoms with van der Waals surface area (Å²) >= 11 is 0. The van der Waals surface area contributed by atoms with Gasteiger partial charge in [0.1, 0.15) is 0 Å². The number of carbonyl (C=O) groups is 1. The number of Topliss-reactive ketones (excluding diaryl/α,β-unsaturated/α-hetero) is 1. The fraction of sp³-hybridized carbons (Fsp3) is 0.176. The lowest BCUT2D eigenvalue weighted by molar-refractivity contribution is 0.0983. The molecule has 0 aliphatic carbocycles. The highest BCUT2D eigenvalue weighted by atomic mass is 16.1. The molecule has 0 saturated heterocycles. The van der Waals surface area contributed by atoms with E-state index in [1.54, 1.807) is 24.3 Å². The number of nitriles is 1. The van der Waals surface area contributed by atoms with E-state index in [9.17, 15) is 4.79 Å². The van der Waals surface area contributed by atoms with Crippen LogP contribution in [-0.2, 0) is 6.42 Å². The molecule has 19 heavy (non-hydrogen) atoms. The predicted molar refractivity (Wildman–Crippen MR) is 75.0 cm³/mol. The minimum atomic E-state index is 0.117. The van der Waals surface area contributed by atoms with Gasteiger partial charge in [0, 0.05) is 12.0 Å². The number of benzene rings is 2. The Bertz CT molecular complexity index is 620. The second kappa shape index (κ2) is 5.97. The highest BCUT2D eigenvalue weighted by Gasteiger charge is 2.06. The van der Waals surface area contributed by atoms with Gasteiger partial charge in [-0.05, 0) is 31.0 Å². The van der Waals surface area contributed by atoms with Gasteiger partial charge in [-0.2, -0.15) is 5.26 Å². The molecular formula is C17H15NO. The van der Waals surface area contributed by atoms with Crippen LogP contribution in [0.25, 0.3) is 0 Å². The van der Waals surface area contributed by atoms with Crippen LogP contribution in [-0.4, -0.2) is 5.78 Å². The Hall–Kier alpha value is -2.40. The number of hydrogen-bond acceptors (Lipinski definition) is 2. The van der Waals surface area contributed by atoms with Crippen LogP contribution in [0.15, 0.2) is 48.5 Å². The molecule has 2 heteroatoms. The van der Waals surface area contributed by atoms with Crippen LogP contribution in [0.3, 0.4) is 0 Å². The van der Waals surface area contributed by atoms with E-state index in [-0.39, 0.29) is 5.78 Å². The van der Waals surface area contributed by atoms with Crippen molar-refractivity contribution in [3.63, 3.8) is 0 Å². The number of rotatable bonds is 4. The quantitative estimate of drug-likeness (QED) is 0.775. The molecule has 0 radical (unpaired) electrons. The van der Waals surface area contributed by atoms with Gasteiger partial charge in [-0.1, -0.05) is 42.0 Å². The molecule has 2 aromatic carbocycles. The fourth-order valence-corrected chi connectivity index (χ4v) is 2.00. The molecule has 0 N–H and O–H groups in total. The van der Waals surface area contributed by atoms with Gasteiger partial charge in [-0.25, -0.2) is 0 Å². The third-order valence-corrected chi connectivity index (χ3v) is 3.06. The molecule has 0 aliphatic heterocycles. The van der Waals surface area contributed by atoms with Crippen LogP contribution >= 0.6 is 0 Å². The van der Waals surface area contributed by atoms with Crippen LogP contribution in [0.5, 0.6) is 0 Å². The number of hydrogen-bond donors (Lipinski definition) is 0. The van der Waals surface area contributed by atoms with Crippen molar-refractivity contribution in [1.82, 2.24) is 0 Å². The average Bonchev–Trinajstić information content (AvgIpc) is 2.45. The summed E-state index contributed by atoms with van der Waals surface area (Å²) in [4.78, 5) is 12.0. The van der Waals surface area contributed by atoms with E-state index < -0.39 is 0 Å². The Morgan fingerprint density at radius 1 is 1.16 bits per heavy atom. The Morgan fingerprint density at radius 3 is 2.53 bits per heavy atom. The maximum Gasteiger partial charge on any atom is 0.163 e. The first-order valence-corrected chi connectivity index (χ1v) is 6.28. The lowest BCUT2D eigenvalue weighted by atomic mass is 10.0. The van der Waals surface area contributed by atoms with Gasteiger partial charge in [-0.3, -0.25) is 4.79 Å². The summed E-state index contributed by atoms with van der Waals surface area (Å²) in [6.45, 7) is 2.05. The number of ketones is 1. The topological polar surface area (TPSA) is 40.9 Å². The summed E-state index contributed by atoms with van der Waals surface area (Å²) in [6, 6.07) is 17.0. The molecule has 0 unspecified atom stereocenters. The molecule has 2 aromatic rings. The lowest BCUT2D eigenvalue weighted by Gasteiger charge is -2.03. The maximum absolute atomic E-state index is 12.0. The highest BCUT2D eigenvalue weighted by Crippen LogP contribution is 2.11. The zero-order chi connectivity index (χ0) is 13.7. The van der Waals surface area contributed by atoms with Gasteiger partial charge in [0.2, 0.25) is 0 Å². The minimum Gasteiger partial charge on any atom is -0.294 e. The second-order valence-electron chi connectivity index (χ2n) is 4.60. The Balaban J connectivity index is 1.99. The summed E-state index contributed by atoms with van der Waals surface area (Å²) < 4.78 is 0. The molecule has 0 aromatic heterocycles. The number of nitrogens with zero attached hydrogens (tertiary/aromatic N) is 1. The first-order valence-electron chi connectivity index (χ1n) is 6.28. The first kappa shape index (κ1) is 13.0. The SMILES string of the molecule is Cc1cccc(CCC(=O)c2ccc(C#N)cc2)c1. The molecule has 2 nitrogen and oxygen atoms in total. The predicted octanol–water partition coefficient (Wildman–Crippen LogP) is 3.68. The molecule has 0 aliphatic rings. The number of carbonyl (C=O) groups excluding carboxylic acids is 1. The van der Waals surface area contributed by atoms with Gasteiger partial charge in [0.15, 0.2) is 5.78 Å². The first-order chi connectivity index (χ1) is 9.19. The van der Waals surface area contributed by atoms with Crippen molar-refractivity contribution in [2.45, 2.75) is 19.8 Å². The van der Waals surface area contributed by atoms with E-state index in [1.807, 2.05) is 31.2 Å². The van der Waals surface area contributed by atoms with Crippen molar-refractivity contribution in [2.24, 2.45) is 0 Å². The molecule has 0 spiro atoms. The largest absolute Gasteiger partial charge is 0.294 e. The van der Waals surface area contributed by atoms with Gasteiger partial charge in [0.05, 0.1) is 11.6 Å². The van der Waals surface area contributed by atoms with Gasteiger partial charge < -0.3 is 0 Å². The van der Waals surface area contributed by atoms with Crippen LogP contribution in [0.4, 0.5) is 0 Å². The van der Waals surface area contributed by atoms with Crippen molar-refractivity contribution < 1.29 is 4.79 Å². The lowest BCUT2D eigenvalue weighted by Crippen LogP contribution is -2.01. The molecule has 0 bridgehead atoms. The molecule has 94 valence electrons. The molecule has 0 atom stereocenters. The Labute approximate surface area is 113 Å². The van der Waals surface area contributed by atoms with E-state index in [4.69, 9.17) is 5.26 Å². The molecular weight excluding hydrogens is 234 g/mol. The van der Waals surface area contributed by atoms with Crippen molar-refractivity contribution in [1.29, 1.82) is 5.26 Å². The van der Waals surface area contributed by atoms with E-state index >= 15 is 0 Å². The van der Waals surface area contributed by atoms with Crippen LogP contribution in [0.1, 0.15) is 33.5 Å². The van der Waals surface area contributed by atoms with Gasteiger partial charge in [0.25, 0.3) is 0 Å². The van der Waals surface area contributed by atoms with Crippen molar-refractivity contribution >= 4 is 5.78 Å². The third kappa shape index (κ3) is 3.53. The maximum atomic E-state index is 12.0. The molecule has 0 saturated carbocycles. The minimum absolute atomic E-state index is 0.117. The second-order valence-corrected chi connectivity index (χ2v) is 4.60. The Kier molecular flexibility index (Phi) is 4.10. The monoisotopic (exact) mass is 249 g/mol.